The molecular formula is C29H42O7. The van der Waals surface area contributed by atoms with Crippen molar-refractivity contribution in [3.8, 4) is 5.75 Å². The van der Waals surface area contributed by atoms with Gasteiger partial charge >= 0.3 is 11.9 Å². The lowest BCUT2D eigenvalue weighted by molar-refractivity contribution is -0.136. The summed E-state index contributed by atoms with van der Waals surface area (Å²) in [6.07, 6.45) is 9.97. The molecule has 2 atom stereocenters. The third-order valence-electron chi connectivity index (χ3n) is 6.44. The molecule has 0 aromatic heterocycles. The number of carbonyl (C=O) groups is 2. The summed E-state index contributed by atoms with van der Waals surface area (Å²) in [4.78, 5) is 21.7. The lowest BCUT2D eigenvalue weighted by Gasteiger charge is -2.29. The van der Waals surface area contributed by atoms with Crippen molar-refractivity contribution >= 4 is 11.9 Å². The van der Waals surface area contributed by atoms with Gasteiger partial charge in [-0.1, -0.05) is 34.9 Å². The zero-order valence-corrected chi connectivity index (χ0v) is 22.0. The van der Waals surface area contributed by atoms with E-state index in [0.717, 1.165) is 29.6 Å². The number of aromatic carboxylic acids is 1. The summed E-state index contributed by atoms with van der Waals surface area (Å²) in [7, 11) is 0. The molecule has 0 radical (unpaired) electrons. The molecule has 36 heavy (non-hydrogen) atoms. The predicted octanol–water partition coefficient (Wildman–Crippen LogP) is 5.79. The Morgan fingerprint density at radius 3 is 2.25 bits per heavy atom. The second-order valence-corrected chi connectivity index (χ2v) is 9.91. The molecule has 0 spiro atoms. The highest BCUT2D eigenvalue weighted by Gasteiger charge is 2.29. The van der Waals surface area contributed by atoms with E-state index in [2.05, 4.69) is 6.08 Å². The summed E-state index contributed by atoms with van der Waals surface area (Å²) in [6.45, 7) is 7.53. The summed E-state index contributed by atoms with van der Waals surface area (Å²) >= 11 is 0. The van der Waals surface area contributed by atoms with Crippen molar-refractivity contribution in [2.24, 2.45) is 0 Å². The molecule has 0 fully saturated rings. The predicted molar refractivity (Wildman–Crippen MR) is 141 cm³/mol. The number of carboxylic acid groups (broad SMARTS) is 2. The summed E-state index contributed by atoms with van der Waals surface area (Å²) < 4.78 is 0. The number of hydrogen-bond acceptors (Lipinski definition) is 5. The van der Waals surface area contributed by atoms with Gasteiger partial charge in [-0.05, 0) is 103 Å². The van der Waals surface area contributed by atoms with E-state index < -0.39 is 23.6 Å². The van der Waals surface area contributed by atoms with Crippen molar-refractivity contribution in [1.82, 2.24) is 0 Å². The Morgan fingerprint density at radius 1 is 0.972 bits per heavy atom. The molecule has 0 bridgehead atoms. The maximum atomic E-state index is 11.1. The van der Waals surface area contributed by atoms with E-state index in [4.69, 9.17) is 10.2 Å². The Morgan fingerprint density at radius 2 is 1.61 bits per heavy atom. The van der Waals surface area contributed by atoms with Gasteiger partial charge in [0.2, 0.25) is 0 Å². The number of phenols is 1. The average molecular weight is 503 g/mol. The summed E-state index contributed by atoms with van der Waals surface area (Å²) in [5.41, 5.74) is 2.77. The molecule has 0 saturated heterocycles. The van der Waals surface area contributed by atoms with Crippen LogP contribution in [0, 0.1) is 0 Å². The van der Waals surface area contributed by atoms with Crippen molar-refractivity contribution in [2.45, 2.75) is 97.2 Å². The van der Waals surface area contributed by atoms with Crippen molar-refractivity contribution < 1.29 is 35.1 Å². The highest BCUT2D eigenvalue weighted by atomic mass is 16.4. The van der Waals surface area contributed by atoms with Crippen LogP contribution in [0.25, 0.3) is 0 Å². The van der Waals surface area contributed by atoms with Gasteiger partial charge in [-0.15, -0.1) is 0 Å². The van der Waals surface area contributed by atoms with Gasteiger partial charge in [0.15, 0.2) is 0 Å². The van der Waals surface area contributed by atoms with Crippen molar-refractivity contribution in [3.05, 3.63) is 64.3 Å². The monoisotopic (exact) mass is 502 g/mol. The van der Waals surface area contributed by atoms with Crippen LogP contribution in [0.4, 0.5) is 0 Å². The van der Waals surface area contributed by atoms with Crippen molar-refractivity contribution in [1.29, 1.82) is 0 Å². The molecule has 0 aliphatic rings. The van der Waals surface area contributed by atoms with Gasteiger partial charge < -0.3 is 25.5 Å². The molecule has 1 rings (SSSR count). The van der Waals surface area contributed by atoms with Gasteiger partial charge in [0.1, 0.15) is 5.75 Å². The topological polar surface area (TPSA) is 135 Å². The minimum atomic E-state index is -1.20. The first-order valence-corrected chi connectivity index (χ1v) is 12.5. The molecule has 7 nitrogen and oxygen atoms in total. The number of rotatable bonds is 16. The number of aliphatic hydroxyl groups is 2. The van der Waals surface area contributed by atoms with E-state index in [0.29, 0.717) is 44.1 Å². The van der Waals surface area contributed by atoms with Crippen LogP contribution < -0.4 is 0 Å². The minimum Gasteiger partial charge on any atom is -0.508 e. The van der Waals surface area contributed by atoms with Crippen LogP contribution in [-0.2, 0) is 11.2 Å². The molecule has 0 heterocycles. The normalized spacial score (nSPS) is 15.4. The first kappa shape index (κ1) is 31.1. The molecule has 1 aromatic carbocycles. The van der Waals surface area contributed by atoms with Crippen LogP contribution in [0.5, 0.6) is 5.75 Å². The Hall–Kier alpha value is -2.90. The van der Waals surface area contributed by atoms with E-state index in [-0.39, 0.29) is 17.7 Å². The number of aromatic hydroxyl groups is 1. The van der Waals surface area contributed by atoms with Gasteiger partial charge in [0.25, 0.3) is 0 Å². The molecular weight excluding hydrogens is 460 g/mol. The maximum Gasteiger partial charge on any atom is 0.335 e. The van der Waals surface area contributed by atoms with Crippen LogP contribution in [0.15, 0.2) is 53.1 Å². The number of allylic oxidation sites excluding steroid dienone is 5. The highest BCUT2D eigenvalue weighted by Crippen LogP contribution is 2.25. The third kappa shape index (κ3) is 12.2. The van der Waals surface area contributed by atoms with E-state index >= 15 is 0 Å². The Balaban J connectivity index is 2.45. The quantitative estimate of drug-likeness (QED) is 0.181. The van der Waals surface area contributed by atoms with E-state index in [1.165, 1.54) is 18.2 Å². The number of aliphatic carboxylic acids is 1. The average Bonchev–Trinajstić information content (AvgIpc) is 2.80. The summed E-state index contributed by atoms with van der Waals surface area (Å²) in [5, 5.41) is 48.9. The molecule has 0 amide bonds. The second kappa shape index (κ2) is 15.3. The molecule has 200 valence electrons. The highest BCUT2D eigenvalue weighted by molar-refractivity contribution is 5.88. The zero-order valence-electron chi connectivity index (χ0n) is 22.0. The first-order chi connectivity index (χ1) is 16.8. The van der Waals surface area contributed by atoms with Crippen LogP contribution in [0.2, 0.25) is 0 Å². The zero-order chi connectivity index (χ0) is 27.3. The lowest BCUT2D eigenvalue weighted by Crippen LogP contribution is -2.39. The summed E-state index contributed by atoms with van der Waals surface area (Å²) in [6, 6.07) is 4.27. The number of hydrogen-bond donors (Lipinski definition) is 5. The summed E-state index contributed by atoms with van der Waals surface area (Å²) in [5.74, 6) is -1.81. The first-order valence-electron chi connectivity index (χ1n) is 12.5. The van der Waals surface area contributed by atoms with Gasteiger partial charge in [-0.25, -0.2) is 4.79 Å². The van der Waals surface area contributed by atoms with Gasteiger partial charge in [-0.3, -0.25) is 4.79 Å². The van der Waals surface area contributed by atoms with E-state index in [1.807, 2.05) is 26.8 Å². The SMILES string of the molecule is CC(=CCc1cc(C(=O)O)ccc1O)CCC=C(C)CC[C@H](O)[C@](C)(O)CCCC(C)=CCC(=O)O. The van der Waals surface area contributed by atoms with Crippen LogP contribution in [0.1, 0.15) is 95.0 Å². The molecule has 0 saturated carbocycles. The van der Waals surface area contributed by atoms with E-state index in [9.17, 15) is 24.9 Å². The van der Waals surface area contributed by atoms with Crippen LogP contribution in [-0.4, -0.2) is 49.2 Å². The number of aliphatic hydroxyl groups excluding tert-OH is 1. The van der Waals surface area contributed by atoms with Crippen LogP contribution >= 0.6 is 0 Å². The second-order valence-electron chi connectivity index (χ2n) is 9.91. The molecule has 7 heteroatoms. The molecule has 0 unspecified atom stereocenters. The third-order valence-corrected chi connectivity index (χ3v) is 6.44. The largest absolute Gasteiger partial charge is 0.508 e. The molecule has 1 aromatic rings. The Bertz CT molecular complexity index is 970. The molecule has 0 aliphatic carbocycles. The Kier molecular flexibility index (Phi) is 13.2. The van der Waals surface area contributed by atoms with E-state index in [1.54, 1.807) is 13.0 Å². The fourth-order valence-corrected chi connectivity index (χ4v) is 3.85. The fourth-order valence-electron chi connectivity index (χ4n) is 3.85. The van der Waals surface area contributed by atoms with Gasteiger partial charge in [0.05, 0.1) is 23.7 Å². The smallest absolute Gasteiger partial charge is 0.335 e. The van der Waals surface area contributed by atoms with Gasteiger partial charge in [-0.2, -0.15) is 0 Å². The van der Waals surface area contributed by atoms with Crippen molar-refractivity contribution in [3.63, 3.8) is 0 Å². The maximum absolute atomic E-state index is 11.1. The molecule has 5 N–H and O–H groups in total. The molecule has 0 aliphatic heterocycles. The standard InChI is InChI=1S/C29H42O7/c1-20(10-13-23-19-24(28(34)35)14-15-25(23)30)7-5-8-21(2)11-16-26(31)29(4,36)18-6-9-22(3)12-17-27(32)33/h8,10,12,14-15,19,26,30-31,36H,5-7,9,11,13,16-18H2,1-4H3,(H,32,33)(H,34,35)/t26-,29+/m0/s1. The Labute approximate surface area is 214 Å². The fraction of sp³-hybridized carbons (Fsp3) is 0.517. The minimum absolute atomic E-state index is 0.00394. The van der Waals surface area contributed by atoms with Crippen molar-refractivity contribution in [2.75, 3.05) is 0 Å². The number of benzene rings is 1. The number of carboxylic acids is 2. The van der Waals surface area contributed by atoms with Crippen LogP contribution in [0.3, 0.4) is 0 Å². The number of phenolic OH excluding ortho intramolecular Hbond substituents is 1. The lowest BCUT2D eigenvalue weighted by atomic mass is 9.88. The van der Waals surface area contributed by atoms with Gasteiger partial charge in [0, 0.05) is 0 Å².